The van der Waals surface area contributed by atoms with Crippen LogP contribution in [0.3, 0.4) is 0 Å². The van der Waals surface area contributed by atoms with E-state index in [4.69, 9.17) is 9.47 Å². The van der Waals surface area contributed by atoms with E-state index in [1.807, 2.05) is 13.8 Å². The smallest absolute Gasteiger partial charge is 0.350 e. The van der Waals surface area contributed by atoms with Crippen molar-refractivity contribution in [1.29, 1.82) is 0 Å². The van der Waals surface area contributed by atoms with E-state index in [2.05, 4.69) is 34.5 Å². The highest BCUT2D eigenvalue weighted by molar-refractivity contribution is 7.13. The first-order valence-electron chi connectivity index (χ1n) is 9.55. The largest absolute Gasteiger partial charge is 0.462 e. The molecular weight excluding hydrogens is 364 g/mol. The second-order valence-corrected chi connectivity index (χ2v) is 8.84. The molecule has 1 aliphatic heterocycles. The van der Waals surface area contributed by atoms with Crippen LogP contribution in [0.25, 0.3) is 0 Å². The van der Waals surface area contributed by atoms with Crippen molar-refractivity contribution in [3.05, 3.63) is 15.6 Å². The highest BCUT2D eigenvalue weighted by atomic mass is 32.1. The summed E-state index contributed by atoms with van der Waals surface area (Å²) in [5.74, 6) is 0.972. The van der Waals surface area contributed by atoms with Crippen LogP contribution in [0.15, 0.2) is 4.99 Å². The van der Waals surface area contributed by atoms with Gasteiger partial charge in [0.1, 0.15) is 9.88 Å². The molecule has 4 unspecified atom stereocenters. The van der Waals surface area contributed by atoms with Crippen LogP contribution in [0.4, 0.5) is 0 Å². The third kappa shape index (κ3) is 3.69. The zero-order chi connectivity index (χ0) is 19.8. The number of thiazole rings is 1. The Labute approximate surface area is 165 Å². The van der Waals surface area contributed by atoms with Crippen molar-refractivity contribution in [2.45, 2.75) is 59.2 Å². The van der Waals surface area contributed by atoms with Crippen LogP contribution in [0, 0.1) is 18.3 Å². The summed E-state index contributed by atoms with van der Waals surface area (Å²) in [7, 11) is 1.77. The van der Waals surface area contributed by atoms with Crippen molar-refractivity contribution >= 4 is 23.3 Å². The Morgan fingerprint density at radius 2 is 2.26 bits per heavy atom. The van der Waals surface area contributed by atoms with Gasteiger partial charge >= 0.3 is 5.97 Å². The molecule has 1 saturated heterocycles. The lowest BCUT2D eigenvalue weighted by atomic mass is 9.57. The number of hydrogen-bond donors (Lipinski definition) is 2. The van der Waals surface area contributed by atoms with Gasteiger partial charge in [0.05, 0.1) is 24.4 Å². The molecular formula is C19H30N4O3S. The van der Waals surface area contributed by atoms with Crippen molar-refractivity contribution in [3.8, 4) is 0 Å². The fourth-order valence-corrected chi connectivity index (χ4v) is 5.15. The number of aryl methyl sites for hydroxylation is 1. The van der Waals surface area contributed by atoms with Gasteiger partial charge in [-0.1, -0.05) is 13.8 Å². The van der Waals surface area contributed by atoms with Crippen LogP contribution in [0.2, 0.25) is 0 Å². The second kappa shape index (κ2) is 7.75. The molecule has 2 aliphatic rings. The molecule has 1 aliphatic carbocycles. The van der Waals surface area contributed by atoms with E-state index in [9.17, 15) is 4.79 Å². The van der Waals surface area contributed by atoms with Gasteiger partial charge in [0.15, 0.2) is 5.96 Å². The minimum absolute atomic E-state index is 0.0677. The number of carbonyl (C=O) groups excluding carboxylic acids is 1. The van der Waals surface area contributed by atoms with Crippen LogP contribution in [-0.4, -0.2) is 49.3 Å². The molecule has 8 heteroatoms. The maximum atomic E-state index is 12.0. The maximum absolute atomic E-state index is 12.0. The van der Waals surface area contributed by atoms with Crippen LogP contribution < -0.4 is 10.6 Å². The average Bonchev–Trinajstić information content (AvgIpc) is 3.24. The summed E-state index contributed by atoms with van der Waals surface area (Å²) >= 11 is 1.37. The van der Waals surface area contributed by atoms with Gasteiger partial charge in [-0.15, -0.1) is 11.3 Å². The Balaban J connectivity index is 1.65. The summed E-state index contributed by atoms with van der Waals surface area (Å²) in [5.41, 5.74) is 0.785. The Morgan fingerprint density at radius 3 is 2.93 bits per heavy atom. The summed E-state index contributed by atoms with van der Waals surface area (Å²) < 4.78 is 11.0. The molecule has 1 saturated carbocycles. The SMILES string of the molecule is CCOC(=O)c1sc(C(C)NC(=NC)NC2C3CCOC3C2(C)C)nc1C. The van der Waals surface area contributed by atoms with Gasteiger partial charge < -0.3 is 20.1 Å². The molecule has 7 nitrogen and oxygen atoms in total. The molecule has 1 aromatic rings. The lowest BCUT2D eigenvalue weighted by Crippen LogP contribution is -2.68. The number of esters is 1. The van der Waals surface area contributed by atoms with Gasteiger partial charge in [-0.2, -0.15) is 0 Å². The summed E-state index contributed by atoms with van der Waals surface area (Å²) in [4.78, 5) is 21.5. The van der Waals surface area contributed by atoms with E-state index in [-0.39, 0.29) is 17.4 Å². The number of nitrogens with zero attached hydrogens (tertiary/aromatic N) is 2. The predicted molar refractivity (Wildman–Crippen MR) is 106 cm³/mol. The molecule has 0 bridgehead atoms. The molecule has 4 atom stereocenters. The van der Waals surface area contributed by atoms with E-state index in [0.717, 1.165) is 24.0 Å². The van der Waals surface area contributed by atoms with E-state index >= 15 is 0 Å². The Kier molecular flexibility index (Phi) is 5.76. The number of fused-ring (bicyclic) bond motifs is 1. The standard InChI is InChI=1S/C19H30N4O3S/c1-7-25-17(24)13-10(2)21-16(27-13)11(3)22-18(20-6)23-14-12-8-9-26-15(12)19(14,4)5/h11-12,14-15H,7-9H2,1-6H3,(H2,20,22,23). The molecule has 0 aromatic carbocycles. The number of nitrogens with one attached hydrogen (secondary N) is 2. The molecule has 1 aromatic heterocycles. The molecule has 2 N–H and O–H groups in total. The van der Waals surface area contributed by atoms with Crippen molar-refractivity contribution in [2.24, 2.45) is 16.3 Å². The van der Waals surface area contributed by atoms with Crippen LogP contribution in [0.5, 0.6) is 0 Å². The molecule has 0 radical (unpaired) electrons. The average molecular weight is 395 g/mol. The summed E-state index contributed by atoms with van der Waals surface area (Å²) in [6, 6.07) is 0.262. The molecule has 3 rings (SSSR count). The molecule has 150 valence electrons. The van der Waals surface area contributed by atoms with Crippen LogP contribution >= 0.6 is 11.3 Å². The van der Waals surface area contributed by atoms with Crippen LogP contribution in [0.1, 0.15) is 60.5 Å². The quantitative estimate of drug-likeness (QED) is 0.454. The number of guanidine groups is 1. The fraction of sp³-hybridized carbons (Fsp3) is 0.737. The zero-order valence-corrected chi connectivity index (χ0v) is 17.8. The summed E-state index contributed by atoms with van der Waals surface area (Å²) in [6.07, 6.45) is 1.42. The highest BCUT2D eigenvalue weighted by Gasteiger charge is 2.59. The molecule has 27 heavy (non-hydrogen) atoms. The number of carbonyl (C=O) groups is 1. The maximum Gasteiger partial charge on any atom is 0.350 e. The lowest BCUT2D eigenvalue weighted by Gasteiger charge is -2.55. The number of hydrogen-bond acceptors (Lipinski definition) is 6. The normalized spacial score (nSPS) is 27.5. The monoisotopic (exact) mass is 394 g/mol. The zero-order valence-electron chi connectivity index (χ0n) is 17.0. The molecule has 2 heterocycles. The summed E-state index contributed by atoms with van der Waals surface area (Å²) in [6.45, 7) is 11.3. The van der Waals surface area contributed by atoms with Gasteiger partial charge in [-0.3, -0.25) is 4.99 Å². The number of rotatable bonds is 5. The van der Waals surface area contributed by atoms with E-state index in [1.54, 1.807) is 14.0 Å². The third-order valence-corrected chi connectivity index (χ3v) is 6.93. The van der Waals surface area contributed by atoms with Crippen molar-refractivity contribution in [3.63, 3.8) is 0 Å². The Bertz CT molecular complexity index is 731. The van der Waals surface area contributed by atoms with Crippen LogP contribution in [-0.2, 0) is 9.47 Å². The first kappa shape index (κ1) is 20.1. The van der Waals surface area contributed by atoms with E-state index < -0.39 is 0 Å². The highest BCUT2D eigenvalue weighted by Crippen LogP contribution is 2.52. The molecule has 0 spiro atoms. The van der Waals surface area contributed by atoms with Crippen molar-refractivity contribution in [2.75, 3.05) is 20.3 Å². The van der Waals surface area contributed by atoms with E-state index in [1.165, 1.54) is 11.3 Å². The first-order valence-corrected chi connectivity index (χ1v) is 10.4. The molecule has 0 amide bonds. The first-order chi connectivity index (χ1) is 12.8. The van der Waals surface area contributed by atoms with Gasteiger partial charge in [0, 0.05) is 31.0 Å². The van der Waals surface area contributed by atoms with Gasteiger partial charge in [0.25, 0.3) is 0 Å². The lowest BCUT2D eigenvalue weighted by molar-refractivity contribution is -0.106. The number of aromatic nitrogens is 1. The van der Waals surface area contributed by atoms with Crippen molar-refractivity contribution in [1.82, 2.24) is 15.6 Å². The summed E-state index contributed by atoms with van der Waals surface area (Å²) in [5, 5.41) is 7.82. The van der Waals surface area contributed by atoms with Crippen molar-refractivity contribution < 1.29 is 14.3 Å². The Hall–Kier alpha value is -1.67. The third-order valence-electron chi connectivity index (χ3n) is 5.61. The predicted octanol–water partition coefficient (Wildman–Crippen LogP) is 2.67. The van der Waals surface area contributed by atoms with Gasteiger partial charge in [-0.25, -0.2) is 9.78 Å². The van der Waals surface area contributed by atoms with Gasteiger partial charge in [0.2, 0.25) is 0 Å². The minimum Gasteiger partial charge on any atom is -0.462 e. The van der Waals surface area contributed by atoms with E-state index in [0.29, 0.717) is 35.2 Å². The topological polar surface area (TPSA) is 84.8 Å². The fourth-order valence-electron chi connectivity index (χ4n) is 4.19. The Morgan fingerprint density at radius 1 is 1.52 bits per heavy atom. The minimum atomic E-state index is -0.308. The van der Waals surface area contributed by atoms with Gasteiger partial charge in [-0.05, 0) is 27.2 Å². The molecule has 2 fully saturated rings. The second-order valence-electron chi connectivity index (χ2n) is 7.81. The number of aliphatic imine (C=N–C) groups is 1. The number of ether oxygens (including phenoxy) is 2.